The van der Waals surface area contributed by atoms with Crippen molar-refractivity contribution in [2.45, 2.75) is 46.0 Å². The number of alkyl halides is 1. The minimum atomic E-state index is 0.528. The van der Waals surface area contributed by atoms with Crippen molar-refractivity contribution in [3.63, 3.8) is 0 Å². The molecule has 1 saturated carbocycles. The fraction of sp³-hybridized carbons (Fsp3) is 1.00. The fourth-order valence-corrected chi connectivity index (χ4v) is 2.45. The van der Waals surface area contributed by atoms with Crippen molar-refractivity contribution in [3.05, 3.63) is 0 Å². The van der Waals surface area contributed by atoms with Gasteiger partial charge in [-0.05, 0) is 24.2 Å². The second-order valence-corrected chi connectivity index (χ2v) is 5.02. The second-order valence-electron chi connectivity index (χ2n) is 4.46. The maximum atomic E-state index is 3.61. The van der Waals surface area contributed by atoms with Gasteiger partial charge in [-0.1, -0.05) is 49.0 Å². The van der Waals surface area contributed by atoms with Gasteiger partial charge in [0.05, 0.1) is 0 Å². The molecule has 0 N–H and O–H groups in total. The summed E-state index contributed by atoms with van der Waals surface area (Å²) < 4.78 is 0. The van der Waals surface area contributed by atoms with Crippen LogP contribution in [-0.2, 0) is 0 Å². The maximum Gasteiger partial charge on any atom is 0.00853 e. The summed E-state index contributed by atoms with van der Waals surface area (Å²) >= 11 is 3.61. The molecule has 0 aromatic heterocycles. The summed E-state index contributed by atoms with van der Waals surface area (Å²) in [6.07, 6.45) is 7.30. The number of rotatable bonds is 2. The first kappa shape index (κ1) is 9.57. The monoisotopic (exact) mass is 218 g/mol. The van der Waals surface area contributed by atoms with Gasteiger partial charge in [0.15, 0.2) is 0 Å². The van der Waals surface area contributed by atoms with Gasteiger partial charge in [0.25, 0.3) is 0 Å². The van der Waals surface area contributed by atoms with Gasteiger partial charge in [0.1, 0.15) is 0 Å². The first-order valence-electron chi connectivity index (χ1n) is 4.73. The maximum absolute atomic E-state index is 3.61. The molecule has 0 spiro atoms. The Morgan fingerprint density at radius 1 is 1.18 bits per heavy atom. The van der Waals surface area contributed by atoms with Crippen LogP contribution in [0.5, 0.6) is 0 Å². The molecular formula is C10H19Br. The highest BCUT2D eigenvalue weighted by Gasteiger charge is 2.29. The van der Waals surface area contributed by atoms with Gasteiger partial charge < -0.3 is 0 Å². The van der Waals surface area contributed by atoms with Gasteiger partial charge in [0, 0.05) is 5.33 Å². The lowest BCUT2D eigenvalue weighted by Crippen LogP contribution is -2.27. The molecule has 66 valence electrons. The van der Waals surface area contributed by atoms with Crippen LogP contribution in [0.1, 0.15) is 46.0 Å². The van der Waals surface area contributed by atoms with E-state index in [1.807, 2.05) is 0 Å². The molecule has 0 atom stereocenters. The first-order chi connectivity index (χ1) is 5.17. The van der Waals surface area contributed by atoms with Crippen molar-refractivity contribution in [2.75, 3.05) is 5.33 Å². The molecule has 0 unspecified atom stereocenters. The van der Waals surface area contributed by atoms with E-state index in [-0.39, 0.29) is 0 Å². The molecule has 1 heteroatoms. The molecule has 11 heavy (non-hydrogen) atoms. The molecule has 1 fully saturated rings. The standard InChI is InChI=1S/C10H19Br/c1-10(2,8-11)9-6-4-3-5-7-9/h9H,3-8H2,1-2H3. The fourth-order valence-electron chi connectivity index (χ4n) is 1.99. The summed E-state index contributed by atoms with van der Waals surface area (Å²) in [5.41, 5.74) is 0.528. The quantitative estimate of drug-likeness (QED) is 0.616. The van der Waals surface area contributed by atoms with Gasteiger partial charge in [-0.15, -0.1) is 0 Å². The van der Waals surface area contributed by atoms with Crippen LogP contribution in [0.4, 0.5) is 0 Å². The predicted octanol–water partition coefficient (Wildman–Crippen LogP) is 3.99. The van der Waals surface area contributed by atoms with Gasteiger partial charge >= 0.3 is 0 Å². The van der Waals surface area contributed by atoms with Crippen molar-refractivity contribution >= 4 is 15.9 Å². The summed E-state index contributed by atoms with van der Waals surface area (Å²) in [5, 5.41) is 1.16. The molecule has 0 aromatic carbocycles. The zero-order chi connectivity index (χ0) is 8.32. The largest absolute Gasteiger partial charge is 0.0922 e. The predicted molar refractivity (Wildman–Crippen MR) is 54.2 cm³/mol. The summed E-state index contributed by atoms with van der Waals surface area (Å²) in [6, 6.07) is 0. The average Bonchev–Trinajstić information content (AvgIpc) is 2.06. The molecule has 1 rings (SSSR count). The molecule has 0 nitrogen and oxygen atoms in total. The lowest BCUT2D eigenvalue weighted by molar-refractivity contribution is 0.186. The van der Waals surface area contributed by atoms with Crippen LogP contribution in [0.25, 0.3) is 0 Å². The van der Waals surface area contributed by atoms with E-state index in [4.69, 9.17) is 0 Å². The molecular weight excluding hydrogens is 200 g/mol. The van der Waals surface area contributed by atoms with E-state index in [0.29, 0.717) is 5.41 Å². The number of halogens is 1. The minimum absolute atomic E-state index is 0.528. The van der Waals surface area contributed by atoms with E-state index in [2.05, 4.69) is 29.8 Å². The molecule has 0 amide bonds. The highest BCUT2D eigenvalue weighted by Crippen LogP contribution is 2.39. The van der Waals surface area contributed by atoms with Crippen molar-refractivity contribution in [3.8, 4) is 0 Å². The third-order valence-corrected chi connectivity index (χ3v) is 4.50. The second kappa shape index (κ2) is 3.93. The molecule has 0 heterocycles. The van der Waals surface area contributed by atoms with E-state index < -0.39 is 0 Å². The Balaban J connectivity index is 2.43. The van der Waals surface area contributed by atoms with E-state index in [9.17, 15) is 0 Å². The Morgan fingerprint density at radius 3 is 2.18 bits per heavy atom. The van der Waals surface area contributed by atoms with Gasteiger partial charge in [-0.3, -0.25) is 0 Å². The Kier molecular flexibility index (Phi) is 3.42. The van der Waals surface area contributed by atoms with Gasteiger partial charge in [0.2, 0.25) is 0 Å². The highest BCUT2D eigenvalue weighted by atomic mass is 79.9. The molecule has 0 aromatic rings. The van der Waals surface area contributed by atoms with Crippen LogP contribution in [-0.4, -0.2) is 5.33 Å². The van der Waals surface area contributed by atoms with Crippen LogP contribution >= 0.6 is 15.9 Å². The van der Waals surface area contributed by atoms with Crippen molar-refractivity contribution in [2.24, 2.45) is 11.3 Å². The molecule has 1 aliphatic carbocycles. The Hall–Kier alpha value is 0.480. The summed E-state index contributed by atoms with van der Waals surface area (Å²) in [6.45, 7) is 4.77. The summed E-state index contributed by atoms with van der Waals surface area (Å²) in [5.74, 6) is 0.968. The first-order valence-corrected chi connectivity index (χ1v) is 5.85. The molecule has 0 aliphatic heterocycles. The molecule has 0 bridgehead atoms. The van der Waals surface area contributed by atoms with E-state index in [1.165, 1.54) is 32.1 Å². The topological polar surface area (TPSA) is 0 Å². The molecule has 0 saturated heterocycles. The van der Waals surface area contributed by atoms with Crippen LogP contribution < -0.4 is 0 Å². The lowest BCUT2D eigenvalue weighted by atomic mass is 9.72. The highest BCUT2D eigenvalue weighted by molar-refractivity contribution is 9.09. The Bertz CT molecular complexity index is 112. The normalized spacial score (nSPS) is 22.1. The van der Waals surface area contributed by atoms with Crippen LogP contribution in [0.2, 0.25) is 0 Å². The van der Waals surface area contributed by atoms with Crippen molar-refractivity contribution < 1.29 is 0 Å². The van der Waals surface area contributed by atoms with Crippen molar-refractivity contribution in [1.82, 2.24) is 0 Å². The average molecular weight is 219 g/mol. The summed E-state index contributed by atoms with van der Waals surface area (Å²) in [7, 11) is 0. The van der Waals surface area contributed by atoms with E-state index >= 15 is 0 Å². The zero-order valence-electron chi connectivity index (χ0n) is 7.70. The minimum Gasteiger partial charge on any atom is -0.0922 e. The summed E-state index contributed by atoms with van der Waals surface area (Å²) in [4.78, 5) is 0. The van der Waals surface area contributed by atoms with Gasteiger partial charge in [-0.25, -0.2) is 0 Å². The molecule has 1 aliphatic rings. The Labute approximate surface area is 78.9 Å². The van der Waals surface area contributed by atoms with Gasteiger partial charge in [-0.2, -0.15) is 0 Å². The van der Waals surface area contributed by atoms with Crippen LogP contribution in [0.3, 0.4) is 0 Å². The van der Waals surface area contributed by atoms with E-state index in [0.717, 1.165) is 11.2 Å². The van der Waals surface area contributed by atoms with Crippen LogP contribution in [0, 0.1) is 11.3 Å². The third kappa shape index (κ3) is 2.47. The van der Waals surface area contributed by atoms with Crippen molar-refractivity contribution in [1.29, 1.82) is 0 Å². The Morgan fingerprint density at radius 2 is 1.73 bits per heavy atom. The smallest absolute Gasteiger partial charge is 0.00853 e. The van der Waals surface area contributed by atoms with E-state index in [1.54, 1.807) is 0 Å². The van der Waals surface area contributed by atoms with Crippen LogP contribution in [0.15, 0.2) is 0 Å². The lowest BCUT2D eigenvalue weighted by Gasteiger charge is -2.35. The third-order valence-electron chi connectivity index (χ3n) is 3.05. The number of hydrogen-bond acceptors (Lipinski definition) is 0. The number of hydrogen-bond donors (Lipinski definition) is 0. The SMILES string of the molecule is CC(C)(CBr)C1CCCCC1. The molecule has 0 radical (unpaired) electrons. The zero-order valence-corrected chi connectivity index (χ0v) is 9.28.